The first-order valence-electron chi connectivity index (χ1n) is 8.55. The van der Waals surface area contributed by atoms with Crippen LogP contribution in [0.4, 0.5) is 0 Å². The van der Waals surface area contributed by atoms with Gasteiger partial charge in [0.15, 0.2) is 0 Å². The number of benzene rings is 1. The number of rotatable bonds is 8. The lowest BCUT2D eigenvalue weighted by Gasteiger charge is -2.34. The van der Waals surface area contributed by atoms with Gasteiger partial charge in [-0.1, -0.05) is 32.4 Å². The van der Waals surface area contributed by atoms with Crippen LogP contribution in [0, 0.1) is 0 Å². The minimum absolute atomic E-state index is 0. The zero-order valence-electron chi connectivity index (χ0n) is 14.8. The topological polar surface area (TPSA) is 35.9 Å². The summed E-state index contributed by atoms with van der Waals surface area (Å²) in [7, 11) is 0. The summed E-state index contributed by atoms with van der Waals surface area (Å²) in [6.07, 6.45) is 1.83. The van der Waals surface area contributed by atoms with Crippen molar-refractivity contribution in [3.63, 3.8) is 0 Å². The van der Waals surface area contributed by atoms with Crippen molar-refractivity contribution in [3.8, 4) is 5.75 Å². The zero-order valence-corrected chi connectivity index (χ0v) is 16.5. The molecular weight excluding hydrogens is 347 g/mol. The van der Waals surface area contributed by atoms with Crippen molar-refractivity contribution < 1.29 is 9.84 Å². The predicted octanol–water partition coefficient (Wildman–Crippen LogP) is 2.86. The van der Waals surface area contributed by atoms with Crippen LogP contribution in [0.25, 0.3) is 0 Å². The van der Waals surface area contributed by atoms with E-state index in [0.29, 0.717) is 13.2 Å². The van der Waals surface area contributed by atoms with Crippen LogP contribution in [0.2, 0.25) is 0 Å². The molecule has 1 fully saturated rings. The number of piperazine rings is 1. The summed E-state index contributed by atoms with van der Waals surface area (Å²) in [6, 6.07) is 8.21. The van der Waals surface area contributed by atoms with Gasteiger partial charge in [-0.05, 0) is 30.7 Å². The molecule has 0 amide bonds. The van der Waals surface area contributed by atoms with Crippen molar-refractivity contribution >= 4 is 24.8 Å². The number of β-amino-alcohol motifs (C(OH)–C–C–N with tert-alkyl or cyclic N) is 1. The summed E-state index contributed by atoms with van der Waals surface area (Å²) in [5.41, 5.74) is 1.34. The summed E-state index contributed by atoms with van der Waals surface area (Å²) in [5.74, 6) is 0.842. The second kappa shape index (κ2) is 12.8. The molecule has 0 spiro atoms. The Morgan fingerprint density at radius 2 is 1.58 bits per heavy atom. The Morgan fingerprint density at radius 3 is 2.12 bits per heavy atom. The Hall–Kier alpha value is -0.520. The molecule has 1 N–H and O–H groups in total. The number of nitrogens with zero attached hydrogens (tertiary/aromatic N) is 2. The second-order valence-corrected chi connectivity index (χ2v) is 6.09. The molecule has 1 unspecified atom stereocenters. The molecule has 1 saturated heterocycles. The summed E-state index contributed by atoms with van der Waals surface area (Å²) in [6.45, 7) is 10.8. The minimum Gasteiger partial charge on any atom is -0.491 e. The molecule has 4 nitrogen and oxygen atoms in total. The van der Waals surface area contributed by atoms with Crippen LogP contribution in [-0.4, -0.2) is 66.9 Å². The fourth-order valence-electron chi connectivity index (χ4n) is 2.87. The van der Waals surface area contributed by atoms with Gasteiger partial charge in [-0.3, -0.25) is 4.90 Å². The summed E-state index contributed by atoms with van der Waals surface area (Å²) in [4.78, 5) is 4.77. The van der Waals surface area contributed by atoms with Crippen molar-refractivity contribution in [1.29, 1.82) is 0 Å². The van der Waals surface area contributed by atoms with Crippen molar-refractivity contribution in [2.75, 3.05) is 45.9 Å². The van der Waals surface area contributed by atoms with Gasteiger partial charge in [0.25, 0.3) is 0 Å². The van der Waals surface area contributed by atoms with Gasteiger partial charge in [-0.15, -0.1) is 24.8 Å². The highest BCUT2D eigenvalue weighted by molar-refractivity contribution is 5.85. The Kier molecular flexibility index (Phi) is 12.5. The summed E-state index contributed by atoms with van der Waals surface area (Å²) >= 11 is 0. The van der Waals surface area contributed by atoms with Crippen molar-refractivity contribution in [2.24, 2.45) is 0 Å². The molecule has 1 aliphatic heterocycles. The van der Waals surface area contributed by atoms with E-state index in [1.807, 2.05) is 12.1 Å². The van der Waals surface area contributed by atoms with E-state index in [2.05, 4.69) is 35.8 Å². The number of aliphatic hydroxyl groups excluding tert-OH is 1. The fraction of sp³-hybridized carbons (Fsp3) is 0.667. The van der Waals surface area contributed by atoms with Crippen LogP contribution < -0.4 is 4.74 Å². The van der Waals surface area contributed by atoms with Crippen LogP contribution in [-0.2, 0) is 6.42 Å². The molecule has 0 bridgehead atoms. The lowest BCUT2D eigenvalue weighted by atomic mass is 10.1. The molecule has 0 saturated carbocycles. The van der Waals surface area contributed by atoms with Crippen molar-refractivity contribution in [1.82, 2.24) is 9.80 Å². The largest absolute Gasteiger partial charge is 0.491 e. The SMILES string of the molecule is CCCc1ccc(OCC(O)CN2CCN(CC)CC2)cc1.Cl.Cl. The molecule has 1 atom stereocenters. The molecule has 140 valence electrons. The molecule has 1 aromatic carbocycles. The van der Waals surface area contributed by atoms with E-state index in [1.165, 1.54) is 5.56 Å². The van der Waals surface area contributed by atoms with Gasteiger partial charge in [0.2, 0.25) is 0 Å². The van der Waals surface area contributed by atoms with Crippen LogP contribution in [0.1, 0.15) is 25.8 Å². The lowest BCUT2D eigenvalue weighted by Crippen LogP contribution is -2.49. The highest BCUT2D eigenvalue weighted by atomic mass is 35.5. The molecule has 1 heterocycles. The Morgan fingerprint density at radius 1 is 1.00 bits per heavy atom. The standard InChI is InChI=1S/C18H30N2O2.2ClH/c1-3-5-16-6-8-18(9-7-16)22-15-17(21)14-20-12-10-19(4-2)11-13-20;;/h6-9,17,21H,3-5,10-15H2,1-2H3;2*1H. The van der Waals surface area contributed by atoms with E-state index in [1.54, 1.807) is 0 Å². The molecular formula is C18H32Cl2N2O2. The highest BCUT2D eigenvalue weighted by Crippen LogP contribution is 2.14. The number of hydrogen-bond donors (Lipinski definition) is 1. The van der Waals surface area contributed by atoms with E-state index < -0.39 is 6.10 Å². The van der Waals surface area contributed by atoms with E-state index in [9.17, 15) is 5.11 Å². The molecule has 6 heteroatoms. The molecule has 0 aliphatic carbocycles. The number of aliphatic hydroxyl groups is 1. The minimum atomic E-state index is -0.427. The van der Waals surface area contributed by atoms with Crippen LogP contribution in [0.15, 0.2) is 24.3 Å². The lowest BCUT2D eigenvalue weighted by molar-refractivity contribution is 0.0471. The Bertz CT molecular complexity index is 424. The van der Waals surface area contributed by atoms with Gasteiger partial charge >= 0.3 is 0 Å². The van der Waals surface area contributed by atoms with E-state index in [-0.39, 0.29) is 24.8 Å². The summed E-state index contributed by atoms with van der Waals surface area (Å²) in [5, 5.41) is 10.1. The van der Waals surface area contributed by atoms with E-state index >= 15 is 0 Å². The maximum absolute atomic E-state index is 10.1. The number of aryl methyl sites for hydroxylation is 1. The molecule has 2 rings (SSSR count). The fourth-order valence-corrected chi connectivity index (χ4v) is 2.87. The first kappa shape index (κ1) is 23.5. The van der Waals surface area contributed by atoms with Crippen molar-refractivity contribution in [2.45, 2.75) is 32.8 Å². The number of hydrogen-bond acceptors (Lipinski definition) is 4. The van der Waals surface area contributed by atoms with Crippen LogP contribution >= 0.6 is 24.8 Å². The smallest absolute Gasteiger partial charge is 0.119 e. The molecule has 1 aliphatic rings. The van der Waals surface area contributed by atoms with E-state index in [4.69, 9.17) is 4.74 Å². The molecule has 0 radical (unpaired) electrons. The number of likely N-dealkylation sites (N-methyl/N-ethyl adjacent to an activating group) is 1. The maximum atomic E-state index is 10.1. The van der Waals surface area contributed by atoms with Gasteiger partial charge in [-0.25, -0.2) is 0 Å². The maximum Gasteiger partial charge on any atom is 0.119 e. The van der Waals surface area contributed by atoms with Gasteiger partial charge in [-0.2, -0.15) is 0 Å². The second-order valence-electron chi connectivity index (χ2n) is 6.09. The van der Waals surface area contributed by atoms with Gasteiger partial charge in [0.05, 0.1) is 0 Å². The van der Waals surface area contributed by atoms with Gasteiger partial charge in [0, 0.05) is 32.7 Å². The quantitative estimate of drug-likeness (QED) is 0.754. The molecule has 1 aromatic rings. The Balaban J connectivity index is 0.00000264. The van der Waals surface area contributed by atoms with Crippen molar-refractivity contribution in [3.05, 3.63) is 29.8 Å². The van der Waals surface area contributed by atoms with Crippen LogP contribution in [0.3, 0.4) is 0 Å². The normalized spacial score (nSPS) is 16.8. The first-order valence-corrected chi connectivity index (χ1v) is 8.55. The van der Waals surface area contributed by atoms with Gasteiger partial charge < -0.3 is 14.7 Å². The van der Waals surface area contributed by atoms with E-state index in [0.717, 1.165) is 51.3 Å². The monoisotopic (exact) mass is 378 g/mol. The van der Waals surface area contributed by atoms with Crippen LogP contribution in [0.5, 0.6) is 5.75 Å². The number of halogens is 2. The van der Waals surface area contributed by atoms with Gasteiger partial charge in [0.1, 0.15) is 18.5 Å². The third kappa shape index (κ3) is 8.04. The number of ether oxygens (including phenoxy) is 1. The highest BCUT2D eigenvalue weighted by Gasteiger charge is 2.18. The zero-order chi connectivity index (χ0) is 15.8. The predicted molar refractivity (Wildman–Crippen MR) is 105 cm³/mol. The molecule has 24 heavy (non-hydrogen) atoms. The average molecular weight is 379 g/mol. The summed E-state index contributed by atoms with van der Waals surface area (Å²) < 4.78 is 5.70. The first-order chi connectivity index (χ1) is 10.7. The Labute approximate surface area is 159 Å². The average Bonchev–Trinajstić information content (AvgIpc) is 2.55. The molecule has 0 aromatic heterocycles. The third-order valence-corrected chi connectivity index (χ3v) is 4.29. The third-order valence-electron chi connectivity index (χ3n) is 4.29.